The van der Waals surface area contributed by atoms with Crippen molar-refractivity contribution < 1.29 is 9.59 Å². The summed E-state index contributed by atoms with van der Waals surface area (Å²) in [5, 5.41) is 11.2. The predicted molar refractivity (Wildman–Crippen MR) is 66.8 cm³/mol. The second-order valence-corrected chi connectivity index (χ2v) is 3.80. The lowest BCUT2D eigenvalue weighted by atomic mass is 10.2. The predicted octanol–water partition coefficient (Wildman–Crippen LogP) is 2.70. The second kappa shape index (κ2) is 7.40. The Morgan fingerprint density at radius 3 is 2.44 bits per heavy atom. The van der Waals surface area contributed by atoms with Gasteiger partial charge in [-0.05, 0) is 23.8 Å². The van der Waals surface area contributed by atoms with Gasteiger partial charge < -0.3 is 0 Å². The Morgan fingerprint density at radius 1 is 1.17 bits per heavy atom. The molecule has 0 aliphatic carbocycles. The minimum atomic E-state index is 0.250. The number of rotatable bonds is 2. The van der Waals surface area contributed by atoms with Crippen LogP contribution in [0.1, 0.15) is 11.3 Å². The van der Waals surface area contributed by atoms with Gasteiger partial charge in [0.15, 0.2) is 0 Å². The van der Waals surface area contributed by atoms with Crippen LogP contribution < -0.4 is 0 Å². The quantitative estimate of drug-likeness (QED) is 0.919. The molecule has 18 heavy (non-hydrogen) atoms. The number of benzene rings is 1. The first-order valence-corrected chi connectivity index (χ1v) is 5.41. The molecule has 0 bridgehead atoms. The Hall–Kier alpha value is -1.94. The molecule has 7 heteroatoms. The zero-order chi connectivity index (χ0) is 13.4. The number of H-pyrrole nitrogens is 1. The smallest absolute Gasteiger partial charge is 0.197 e. The summed E-state index contributed by atoms with van der Waals surface area (Å²) < 4.78 is 0. The van der Waals surface area contributed by atoms with Gasteiger partial charge in [0.2, 0.25) is 0 Å². The fourth-order valence-electron chi connectivity index (χ4n) is 1.09. The molecule has 0 atom stereocenters. The molecule has 1 aromatic heterocycles. The Bertz CT molecular complexity index is 562. The van der Waals surface area contributed by atoms with Crippen LogP contribution in [-0.2, 0) is 9.59 Å². The van der Waals surface area contributed by atoms with Crippen LogP contribution in [0, 0.1) is 0 Å². The Balaban J connectivity index is 0.000000492. The van der Waals surface area contributed by atoms with Crippen molar-refractivity contribution in [1.82, 2.24) is 15.4 Å². The van der Waals surface area contributed by atoms with Crippen LogP contribution in [0.3, 0.4) is 0 Å². The van der Waals surface area contributed by atoms with E-state index in [0.717, 1.165) is 11.3 Å². The second-order valence-electron chi connectivity index (χ2n) is 2.99. The van der Waals surface area contributed by atoms with E-state index in [-0.39, 0.29) is 6.15 Å². The van der Waals surface area contributed by atoms with E-state index in [9.17, 15) is 0 Å². The topological polar surface area (TPSA) is 75.7 Å². The number of hydrogen-bond donors (Lipinski definition) is 1. The summed E-state index contributed by atoms with van der Waals surface area (Å²) in [6, 6.07) is 5.43. The van der Waals surface area contributed by atoms with Crippen LogP contribution in [0.25, 0.3) is 12.2 Å². The minimum absolute atomic E-state index is 0.250. The van der Waals surface area contributed by atoms with E-state index in [1.165, 1.54) is 0 Å². The number of nitrogens with zero attached hydrogens (tertiary/aromatic N) is 2. The van der Waals surface area contributed by atoms with Crippen LogP contribution in [0.5, 0.6) is 0 Å². The lowest BCUT2D eigenvalue weighted by Crippen LogP contribution is -1.75. The highest BCUT2D eigenvalue weighted by Gasteiger charge is 1.96. The molecule has 2 rings (SSSR count). The monoisotopic (exact) mass is 283 g/mol. The molecule has 0 fully saturated rings. The molecule has 5 nitrogen and oxygen atoms in total. The Morgan fingerprint density at radius 2 is 1.89 bits per heavy atom. The van der Waals surface area contributed by atoms with E-state index in [1.807, 2.05) is 18.2 Å². The van der Waals surface area contributed by atoms with Gasteiger partial charge in [-0.2, -0.15) is 25.0 Å². The maximum atomic E-state index is 8.12. The first-order chi connectivity index (χ1) is 8.67. The SMILES string of the molecule is Clc1ccc(C=Cc2cn[nH]n2)cc1Cl.O=C=O. The van der Waals surface area contributed by atoms with Gasteiger partial charge >= 0.3 is 6.15 Å². The summed E-state index contributed by atoms with van der Waals surface area (Å²) in [4.78, 5) is 16.2. The first kappa shape index (κ1) is 14.1. The Labute approximate surface area is 112 Å². The zero-order valence-corrected chi connectivity index (χ0v) is 10.4. The largest absolute Gasteiger partial charge is 0.373 e. The molecule has 0 radical (unpaired) electrons. The standard InChI is InChI=1S/C10H7Cl2N3.CO2/c11-9-4-2-7(5-10(9)12)1-3-8-6-13-15-14-8;2-1-3/h1-6H,(H,13,14,15);. The molecule has 1 heterocycles. The molecule has 0 saturated heterocycles. The van der Waals surface area contributed by atoms with Crippen molar-refractivity contribution in [3.63, 3.8) is 0 Å². The average Bonchev–Trinajstić information content (AvgIpc) is 2.85. The van der Waals surface area contributed by atoms with E-state index >= 15 is 0 Å². The summed E-state index contributed by atoms with van der Waals surface area (Å²) >= 11 is 11.7. The molecule has 0 aliphatic rings. The summed E-state index contributed by atoms with van der Waals surface area (Å²) in [6.45, 7) is 0. The molecule has 0 spiro atoms. The van der Waals surface area contributed by atoms with Crippen LogP contribution in [0.4, 0.5) is 0 Å². The van der Waals surface area contributed by atoms with Gasteiger partial charge in [-0.25, -0.2) is 0 Å². The zero-order valence-electron chi connectivity index (χ0n) is 8.93. The number of aromatic nitrogens is 3. The number of hydrogen-bond acceptors (Lipinski definition) is 4. The van der Waals surface area contributed by atoms with Gasteiger partial charge in [-0.1, -0.05) is 35.3 Å². The van der Waals surface area contributed by atoms with Crippen LogP contribution >= 0.6 is 23.2 Å². The lowest BCUT2D eigenvalue weighted by molar-refractivity contribution is -0.191. The molecule has 2 aromatic rings. The van der Waals surface area contributed by atoms with Gasteiger partial charge in [0.1, 0.15) is 5.69 Å². The molecule has 1 N–H and O–H groups in total. The van der Waals surface area contributed by atoms with E-state index in [0.29, 0.717) is 10.0 Å². The van der Waals surface area contributed by atoms with Crippen LogP contribution in [0.2, 0.25) is 10.0 Å². The van der Waals surface area contributed by atoms with Crippen molar-refractivity contribution in [2.24, 2.45) is 0 Å². The van der Waals surface area contributed by atoms with Crippen LogP contribution in [-0.4, -0.2) is 21.6 Å². The summed E-state index contributed by atoms with van der Waals surface area (Å²) in [6.07, 6.45) is 5.61. The molecule has 0 aliphatic heterocycles. The van der Waals surface area contributed by atoms with Gasteiger partial charge in [0.05, 0.1) is 16.2 Å². The number of aromatic amines is 1. The van der Waals surface area contributed by atoms with E-state index in [2.05, 4.69) is 15.4 Å². The fraction of sp³-hybridized carbons (Fsp3) is 0. The molecular weight excluding hydrogens is 277 g/mol. The third-order valence-electron chi connectivity index (χ3n) is 1.82. The number of carbonyl (C=O) groups excluding carboxylic acids is 2. The molecule has 0 saturated carbocycles. The van der Waals surface area contributed by atoms with Crippen molar-refractivity contribution in [3.8, 4) is 0 Å². The molecule has 0 unspecified atom stereocenters. The Kier molecular flexibility index (Phi) is 5.80. The van der Waals surface area contributed by atoms with Gasteiger partial charge in [0.25, 0.3) is 0 Å². The summed E-state index contributed by atoms with van der Waals surface area (Å²) in [5.41, 5.74) is 1.73. The number of halogens is 2. The van der Waals surface area contributed by atoms with E-state index < -0.39 is 0 Å². The summed E-state index contributed by atoms with van der Waals surface area (Å²) in [5.74, 6) is 0. The highest BCUT2D eigenvalue weighted by molar-refractivity contribution is 6.42. The highest BCUT2D eigenvalue weighted by atomic mass is 35.5. The van der Waals surface area contributed by atoms with Crippen molar-refractivity contribution in [3.05, 3.63) is 45.7 Å². The van der Waals surface area contributed by atoms with E-state index in [4.69, 9.17) is 32.8 Å². The van der Waals surface area contributed by atoms with Crippen molar-refractivity contribution >= 4 is 41.5 Å². The molecule has 92 valence electrons. The van der Waals surface area contributed by atoms with Gasteiger partial charge in [-0.15, -0.1) is 0 Å². The maximum absolute atomic E-state index is 8.12. The third-order valence-corrected chi connectivity index (χ3v) is 2.56. The minimum Gasteiger partial charge on any atom is -0.197 e. The average molecular weight is 284 g/mol. The third kappa shape index (κ3) is 4.51. The maximum Gasteiger partial charge on any atom is 0.373 e. The van der Waals surface area contributed by atoms with E-state index in [1.54, 1.807) is 18.3 Å². The normalized spacial score (nSPS) is 9.67. The van der Waals surface area contributed by atoms with Gasteiger partial charge in [0, 0.05) is 0 Å². The molecular formula is C11H7Cl2N3O2. The summed E-state index contributed by atoms with van der Waals surface area (Å²) in [7, 11) is 0. The van der Waals surface area contributed by atoms with Crippen LogP contribution in [0.15, 0.2) is 24.4 Å². The highest BCUT2D eigenvalue weighted by Crippen LogP contribution is 2.23. The van der Waals surface area contributed by atoms with Gasteiger partial charge in [-0.3, -0.25) is 0 Å². The van der Waals surface area contributed by atoms with Crippen molar-refractivity contribution in [2.75, 3.05) is 0 Å². The first-order valence-electron chi connectivity index (χ1n) is 4.65. The lowest BCUT2D eigenvalue weighted by Gasteiger charge is -1.96. The fourth-order valence-corrected chi connectivity index (χ4v) is 1.39. The van der Waals surface area contributed by atoms with Crippen molar-refractivity contribution in [1.29, 1.82) is 0 Å². The van der Waals surface area contributed by atoms with Crippen molar-refractivity contribution in [2.45, 2.75) is 0 Å². The number of nitrogens with one attached hydrogen (secondary N) is 1. The molecule has 0 amide bonds. The molecule has 1 aromatic carbocycles.